The molecule has 6 nitrogen and oxygen atoms in total. The van der Waals surface area contributed by atoms with Crippen molar-refractivity contribution in [3.8, 4) is 0 Å². The maximum absolute atomic E-state index is 13.3. The SMILES string of the molecule is CC[C@H](Sc1nc2ccccc2c(=O)n1C1CCCC1)C(=O)NCc1cccnc1. The largest absolute Gasteiger partial charge is 0.351 e. The van der Waals surface area contributed by atoms with E-state index in [0.29, 0.717) is 29.0 Å². The lowest BCUT2D eigenvalue weighted by Crippen LogP contribution is -2.33. The van der Waals surface area contributed by atoms with Crippen molar-refractivity contribution in [2.75, 3.05) is 0 Å². The number of aromatic nitrogens is 3. The zero-order valence-corrected chi connectivity index (χ0v) is 17.9. The molecule has 0 saturated heterocycles. The molecule has 0 aliphatic heterocycles. The van der Waals surface area contributed by atoms with Gasteiger partial charge in [-0.2, -0.15) is 0 Å². The molecule has 2 aromatic heterocycles. The van der Waals surface area contributed by atoms with E-state index in [2.05, 4.69) is 10.3 Å². The van der Waals surface area contributed by atoms with E-state index in [1.807, 2.05) is 47.9 Å². The summed E-state index contributed by atoms with van der Waals surface area (Å²) in [5.74, 6) is -0.0493. The van der Waals surface area contributed by atoms with Gasteiger partial charge in [0.25, 0.3) is 5.56 Å². The zero-order valence-electron chi connectivity index (χ0n) is 17.1. The van der Waals surface area contributed by atoms with Crippen LogP contribution in [0.15, 0.2) is 58.7 Å². The van der Waals surface area contributed by atoms with Gasteiger partial charge in [-0.25, -0.2) is 4.98 Å². The van der Waals surface area contributed by atoms with Crippen LogP contribution in [0.3, 0.4) is 0 Å². The lowest BCUT2D eigenvalue weighted by atomic mass is 10.2. The summed E-state index contributed by atoms with van der Waals surface area (Å²) in [4.78, 5) is 35.0. The number of fused-ring (bicyclic) bond motifs is 1. The van der Waals surface area contributed by atoms with Gasteiger partial charge in [-0.1, -0.05) is 49.7 Å². The maximum Gasteiger partial charge on any atom is 0.262 e. The van der Waals surface area contributed by atoms with Gasteiger partial charge in [-0.05, 0) is 43.0 Å². The van der Waals surface area contributed by atoms with Gasteiger partial charge in [0.2, 0.25) is 5.91 Å². The Kier molecular flexibility index (Phi) is 6.47. The van der Waals surface area contributed by atoms with Crippen LogP contribution in [0.5, 0.6) is 0 Å². The molecule has 1 aliphatic rings. The van der Waals surface area contributed by atoms with Crippen LogP contribution < -0.4 is 10.9 Å². The first kappa shape index (κ1) is 20.6. The molecule has 0 unspecified atom stereocenters. The van der Waals surface area contributed by atoms with Crippen LogP contribution in [0.1, 0.15) is 50.6 Å². The molecular weight excluding hydrogens is 396 g/mol. The molecule has 30 heavy (non-hydrogen) atoms. The van der Waals surface area contributed by atoms with Gasteiger partial charge >= 0.3 is 0 Å². The number of benzene rings is 1. The Morgan fingerprint density at radius 1 is 1.23 bits per heavy atom. The normalized spacial score (nSPS) is 15.4. The van der Waals surface area contributed by atoms with E-state index < -0.39 is 0 Å². The molecule has 7 heteroatoms. The van der Waals surface area contributed by atoms with Gasteiger partial charge in [0, 0.05) is 25.0 Å². The van der Waals surface area contributed by atoms with Crippen molar-refractivity contribution in [2.45, 2.75) is 62.0 Å². The number of hydrogen-bond donors (Lipinski definition) is 1. The van der Waals surface area contributed by atoms with Gasteiger partial charge < -0.3 is 5.32 Å². The second kappa shape index (κ2) is 9.43. The van der Waals surface area contributed by atoms with E-state index in [-0.39, 0.29) is 22.8 Å². The van der Waals surface area contributed by atoms with E-state index in [9.17, 15) is 9.59 Å². The van der Waals surface area contributed by atoms with E-state index in [4.69, 9.17) is 4.98 Å². The fraction of sp³-hybridized carbons (Fsp3) is 0.391. The summed E-state index contributed by atoms with van der Waals surface area (Å²) in [5.41, 5.74) is 1.64. The quantitative estimate of drug-likeness (QED) is 0.458. The number of carbonyl (C=O) groups is 1. The summed E-state index contributed by atoms with van der Waals surface area (Å²) in [6, 6.07) is 11.4. The molecule has 1 atom stereocenters. The molecule has 0 radical (unpaired) electrons. The third kappa shape index (κ3) is 4.41. The van der Waals surface area contributed by atoms with Gasteiger partial charge in [0.1, 0.15) is 0 Å². The number of nitrogens with one attached hydrogen (secondary N) is 1. The first-order chi connectivity index (χ1) is 14.7. The lowest BCUT2D eigenvalue weighted by molar-refractivity contribution is -0.120. The highest BCUT2D eigenvalue weighted by Gasteiger charge is 2.26. The van der Waals surface area contributed by atoms with Crippen LogP contribution in [0, 0.1) is 0 Å². The van der Waals surface area contributed by atoms with Crippen molar-refractivity contribution in [3.63, 3.8) is 0 Å². The highest BCUT2D eigenvalue weighted by Crippen LogP contribution is 2.34. The summed E-state index contributed by atoms with van der Waals surface area (Å²) in [7, 11) is 0. The molecule has 0 bridgehead atoms. The second-order valence-electron chi connectivity index (χ2n) is 7.62. The predicted octanol–water partition coefficient (Wildman–Crippen LogP) is 4.09. The third-order valence-corrected chi connectivity index (χ3v) is 6.90. The number of pyridine rings is 1. The first-order valence-electron chi connectivity index (χ1n) is 10.5. The van der Waals surface area contributed by atoms with E-state index in [1.54, 1.807) is 12.4 Å². The number of thioether (sulfide) groups is 1. The maximum atomic E-state index is 13.3. The number of hydrogen-bond acceptors (Lipinski definition) is 5. The smallest absolute Gasteiger partial charge is 0.262 e. The van der Waals surface area contributed by atoms with Crippen LogP contribution in [-0.4, -0.2) is 25.7 Å². The Morgan fingerprint density at radius 3 is 2.77 bits per heavy atom. The summed E-state index contributed by atoms with van der Waals surface area (Å²) < 4.78 is 1.84. The fourth-order valence-corrected chi connectivity index (χ4v) is 5.06. The van der Waals surface area contributed by atoms with Gasteiger partial charge in [0.15, 0.2) is 5.16 Å². The average Bonchev–Trinajstić information content (AvgIpc) is 3.31. The molecule has 1 fully saturated rings. The molecule has 1 aliphatic carbocycles. The number of carbonyl (C=O) groups excluding carboxylic acids is 1. The van der Waals surface area contributed by atoms with Crippen LogP contribution in [0.25, 0.3) is 10.9 Å². The highest BCUT2D eigenvalue weighted by molar-refractivity contribution is 8.00. The minimum Gasteiger partial charge on any atom is -0.351 e. The standard InChI is InChI=1S/C23H26N4O2S/c1-2-20(21(28)25-15-16-8-7-13-24-14-16)30-23-26-19-12-6-5-11-18(19)22(29)27(23)17-9-3-4-10-17/h5-8,11-14,17,20H,2-4,9-10,15H2,1H3,(H,25,28)/t20-/m0/s1. The van der Waals surface area contributed by atoms with Crippen molar-refractivity contribution >= 4 is 28.6 Å². The average molecular weight is 423 g/mol. The summed E-state index contributed by atoms with van der Waals surface area (Å²) in [6.45, 7) is 2.42. The minimum absolute atomic E-state index is 0.000575. The molecule has 4 rings (SSSR count). The Hall–Kier alpha value is -2.67. The second-order valence-corrected chi connectivity index (χ2v) is 8.79. The summed E-state index contributed by atoms with van der Waals surface area (Å²) in [5, 5.41) is 3.97. The van der Waals surface area contributed by atoms with E-state index in [0.717, 1.165) is 31.2 Å². The van der Waals surface area contributed by atoms with Gasteiger partial charge in [-0.15, -0.1) is 0 Å². The Labute approximate surface area is 180 Å². The van der Waals surface area contributed by atoms with Gasteiger partial charge in [0.05, 0.1) is 16.2 Å². The van der Waals surface area contributed by atoms with E-state index in [1.165, 1.54) is 11.8 Å². The van der Waals surface area contributed by atoms with Crippen molar-refractivity contribution in [3.05, 3.63) is 64.7 Å². The lowest BCUT2D eigenvalue weighted by Gasteiger charge is -2.21. The molecule has 156 valence electrons. The topological polar surface area (TPSA) is 76.9 Å². The van der Waals surface area contributed by atoms with Crippen molar-refractivity contribution in [1.82, 2.24) is 19.9 Å². The highest BCUT2D eigenvalue weighted by atomic mass is 32.2. The van der Waals surface area contributed by atoms with Crippen LogP contribution in [0.2, 0.25) is 0 Å². The van der Waals surface area contributed by atoms with Crippen molar-refractivity contribution in [1.29, 1.82) is 0 Å². The fourth-order valence-electron chi connectivity index (χ4n) is 3.95. The zero-order chi connectivity index (χ0) is 20.9. The molecule has 1 amide bonds. The Bertz CT molecular complexity index is 1080. The molecular formula is C23H26N4O2S. The monoisotopic (exact) mass is 422 g/mol. The predicted molar refractivity (Wildman–Crippen MR) is 120 cm³/mol. The molecule has 0 spiro atoms. The van der Waals surface area contributed by atoms with E-state index >= 15 is 0 Å². The summed E-state index contributed by atoms with van der Waals surface area (Å²) >= 11 is 1.40. The number of amides is 1. The van der Waals surface area contributed by atoms with Gasteiger partial charge in [-0.3, -0.25) is 19.1 Å². The third-order valence-electron chi connectivity index (χ3n) is 5.57. The Balaban J connectivity index is 1.61. The first-order valence-corrected chi connectivity index (χ1v) is 11.4. The number of rotatable bonds is 7. The van der Waals surface area contributed by atoms with Crippen molar-refractivity contribution in [2.24, 2.45) is 0 Å². The van der Waals surface area contributed by atoms with Crippen LogP contribution in [-0.2, 0) is 11.3 Å². The molecule has 2 heterocycles. The molecule has 1 N–H and O–H groups in total. The van der Waals surface area contributed by atoms with Crippen molar-refractivity contribution < 1.29 is 4.79 Å². The number of para-hydroxylation sites is 1. The molecule has 1 saturated carbocycles. The summed E-state index contributed by atoms with van der Waals surface area (Å²) in [6.07, 6.45) is 8.32. The Morgan fingerprint density at radius 2 is 2.03 bits per heavy atom. The van der Waals surface area contributed by atoms with Crippen LogP contribution >= 0.6 is 11.8 Å². The molecule has 1 aromatic carbocycles. The number of nitrogens with zero attached hydrogens (tertiary/aromatic N) is 3. The minimum atomic E-state index is -0.317. The van der Waals surface area contributed by atoms with Crippen LogP contribution in [0.4, 0.5) is 0 Å². The molecule has 3 aromatic rings.